The first-order chi connectivity index (χ1) is 29.5. The third-order valence-electron chi connectivity index (χ3n) is 10.6. The largest absolute Gasteiger partial charge is 0.534 e. The van der Waals surface area contributed by atoms with Crippen LogP contribution in [0.15, 0.2) is 176 Å². The van der Waals surface area contributed by atoms with Crippen molar-refractivity contribution in [1.82, 2.24) is 15.0 Å². The number of benzene rings is 5. The van der Waals surface area contributed by atoms with Gasteiger partial charge in [0.15, 0.2) is 0 Å². The molecule has 0 atom stereocenters. The Labute approximate surface area is 353 Å². The minimum absolute atomic E-state index is 0.153. The molecule has 0 N–H and O–H groups in total. The lowest BCUT2D eigenvalue weighted by Crippen LogP contribution is -2.28. The summed E-state index contributed by atoms with van der Waals surface area (Å²) in [5.74, 6) is -0.435. The molecule has 0 saturated carbocycles. The predicted molar refractivity (Wildman–Crippen MR) is 235 cm³/mol. The zero-order chi connectivity index (χ0) is 42.4. The second kappa shape index (κ2) is 17.7. The maximum Gasteiger partial charge on any atom is 0.534 e. The Morgan fingerprint density at radius 1 is 0.475 bits per heavy atom. The van der Waals surface area contributed by atoms with Crippen LogP contribution in [-0.4, -0.2) is 28.9 Å². The number of aromatic nitrogens is 3. The van der Waals surface area contributed by atoms with Crippen molar-refractivity contribution in [1.29, 1.82) is 0 Å². The maximum atomic E-state index is 13.1. The zero-order valence-corrected chi connectivity index (χ0v) is 34.0. The summed E-state index contributed by atoms with van der Waals surface area (Å²) in [6.07, 6.45) is 8.32. The number of aryl methyl sites for hydroxylation is 5. The minimum Gasteiger partial charge on any atom is -0.376 e. The lowest BCUT2D eigenvalue weighted by molar-refractivity contribution is -0.0500. The number of rotatable bonds is 13. The summed E-state index contributed by atoms with van der Waals surface area (Å²) in [5, 5.41) is 0. The Kier molecular flexibility index (Phi) is 11.9. The van der Waals surface area contributed by atoms with Crippen molar-refractivity contribution in [2.24, 2.45) is 0 Å². The van der Waals surface area contributed by atoms with Gasteiger partial charge in [0.2, 0.25) is 0 Å². The second-order valence-electron chi connectivity index (χ2n) is 14.8. The smallest absolute Gasteiger partial charge is 0.376 e. The summed E-state index contributed by atoms with van der Waals surface area (Å²) < 4.78 is 67.2. The SMILES string of the molecule is Cc1cnc(-c2ccc(-c3ccccc3-c3cc(CCc4ccc(-c5ccccn5)cc4)cc(CCc4ccc(-c5ccccn5)cc4)c3)cc2)cc1OS(=O)(=O)C(F)(F)F. The van der Waals surface area contributed by atoms with E-state index in [-0.39, 0.29) is 11.3 Å². The number of nitrogens with zero attached hydrogens (tertiary/aromatic N) is 3. The van der Waals surface area contributed by atoms with E-state index in [9.17, 15) is 21.6 Å². The van der Waals surface area contributed by atoms with Gasteiger partial charge in [-0.15, -0.1) is 0 Å². The van der Waals surface area contributed by atoms with Crippen LogP contribution < -0.4 is 4.18 Å². The minimum atomic E-state index is -5.84. The summed E-state index contributed by atoms with van der Waals surface area (Å²) in [6.45, 7) is 1.43. The number of pyridine rings is 3. The molecule has 304 valence electrons. The maximum absolute atomic E-state index is 13.1. The molecule has 8 aromatic rings. The summed E-state index contributed by atoms with van der Waals surface area (Å²) in [6, 6.07) is 52.8. The highest BCUT2D eigenvalue weighted by molar-refractivity contribution is 7.88. The molecule has 6 nitrogen and oxygen atoms in total. The van der Waals surface area contributed by atoms with Crippen LogP contribution in [0, 0.1) is 6.92 Å². The lowest BCUT2D eigenvalue weighted by Gasteiger charge is -2.15. The normalized spacial score (nSPS) is 11.7. The standard InChI is InChI=1S/C51H40F3N3O3S/c1-35-34-57-49(33-50(35)60-61(58,59)51(52,53)54)43-26-24-40(25-27-43)45-8-2-3-9-46(45)44-31-38(14-12-36-16-20-41(21-17-36)47-10-4-6-28-55-47)30-39(32-44)15-13-37-18-22-42(23-19-37)48-11-5-7-29-56-48/h2-11,16-34H,12-15H2,1H3. The number of hydrogen-bond donors (Lipinski definition) is 0. The molecule has 5 aromatic carbocycles. The third-order valence-corrected chi connectivity index (χ3v) is 11.5. The van der Waals surface area contributed by atoms with Crippen molar-refractivity contribution in [3.05, 3.63) is 204 Å². The quantitative estimate of drug-likeness (QED) is 0.0850. The predicted octanol–water partition coefficient (Wildman–Crippen LogP) is 12.3. The van der Waals surface area contributed by atoms with Crippen molar-refractivity contribution in [3.8, 4) is 61.8 Å². The van der Waals surface area contributed by atoms with Crippen molar-refractivity contribution in [3.63, 3.8) is 0 Å². The van der Waals surface area contributed by atoms with Crippen molar-refractivity contribution >= 4 is 10.1 Å². The Morgan fingerprint density at radius 2 is 0.918 bits per heavy atom. The van der Waals surface area contributed by atoms with Gasteiger partial charge in [0.1, 0.15) is 5.75 Å². The summed E-state index contributed by atoms with van der Waals surface area (Å²) in [7, 11) is -5.84. The number of alkyl halides is 3. The van der Waals surface area contributed by atoms with Gasteiger partial charge in [-0.05, 0) is 101 Å². The van der Waals surface area contributed by atoms with Gasteiger partial charge in [0.05, 0.1) is 17.1 Å². The molecule has 8 rings (SSSR count). The molecular weight excluding hydrogens is 792 g/mol. The van der Waals surface area contributed by atoms with Gasteiger partial charge in [-0.2, -0.15) is 21.6 Å². The molecule has 0 spiro atoms. The Bertz CT molecular complexity index is 2770. The first-order valence-corrected chi connectivity index (χ1v) is 21.2. The van der Waals surface area contributed by atoms with Crippen LogP contribution in [-0.2, 0) is 35.8 Å². The van der Waals surface area contributed by atoms with Gasteiger partial charge in [-0.3, -0.25) is 15.0 Å². The molecule has 61 heavy (non-hydrogen) atoms. The average Bonchev–Trinajstić information content (AvgIpc) is 3.29. The van der Waals surface area contributed by atoms with E-state index in [2.05, 4.69) is 98.0 Å². The number of hydrogen-bond acceptors (Lipinski definition) is 6. The lowest BCUT2D eigenvalue weighted by atomic mass is 9.90. The summed E-state index contributed by atoms with van der Waals surface area (Å²) >= 11 is 0. The highest BCUT2D eigenvalue weighted by atomic mass is 32.2. The first kappa shape index (κ1) is 40.9. The van der Waals surface area contributed by atoms with Crippen LogP contribution >= 0.6 is 0 Å². The molecule has 0 aliphatic rings. The van der Waals surface area contributed by atoms with Gasteiger partial charge in [-0.1, -0.05) is 127 Å². The topological polar surface area (TPSA) is 82.0 Å². The second-order valence-corrected chi connectivity index (χ2v) is 16.3. The molecule has 0 saturated heterocycles. The van der Waals surface area contributed by atoms with E-state index in [1.54, 1.807) is 12.4 Å². The van der Waals surface area contributed by atoms with E-state index in [1.165, 1.54) is 41.4 Å². The molecule has 0 aliphatic carbocycles. The molecular formula is C51H40F3N3O3S. The fraction of sp³-hybridized carbons (Fsp3) is 0.118. The van der Waals surface area contributed by atoms with Crippen LogP contribution in [0.5, 0.6) is 5.75 Å². The highest BCUT2D eigenvalue weighted by Crippen LogP contribution is 2.36. The monoisotopic (exact) mass is 831 g/mol. The van der Waals surface area contributed by atoms with Crippen LogP contribution in [0.2, 0.25) is 0 Å². The van der Waals surface area contributed by atoms with Gasteiger partial charge in [0, 0.05) is 46.9 Å². The van der Waals surface area contributed by atoms with Crippen LogP contribution in [0.4, 0.5) is 13.2 Å². The molecule has 0 unspecified atom stereocenters. The molecule has 3 aromatic heterocycles. The van der Waals surface area contributed by atoms with E-state index < -0.39 is 21.4 Å². The average molecular weight is 832 g/mol. The fourth-order valence-electron chi connectivity index (χ4n) is 7.26. The van der Waals surface area contributed by atoms with Gasteiger partial charge >= 0.3 is 15.6 Å². The van der Waals surface area contributed by atoms with Crippen LogP contribution in [0.25, 0.3) is 56.0 Å². The van der Waals surface area contributed by atoms with Crippen LogP contribution in [0.3, 0.4) is 0 Å². The third kappa shape index (κ3) is 9.77. The van der Waals surface area contributed by atoms with Crippen molar-refractivity contribution in [2.75, 3.05) is 0 Å². The molecule has 0 aliphatic heterocycles. The summed E-state index contributed by atoms with van der Waals surface area (Å²) in [5.41, 5.74) is 8.52. The van der Waals surface area contributed by atoms with Gasteiger partial charge < -0.3 is 4.18 Å². The molecule has 3 heterocycles. The first-order valence-electron chi connectivity index (χ1n) is 19.8. The molecule has 10 heteroatoms. The Morgan fingerprint density at radius 3 is 1.41 bits per heavy atom. The number of halogens is 3. The van der Waals surface area contributed by atoms with Gasteiger partial charge in [0.25, 0.3) is 0 Å². The Hall–Kier alpha value is -6.91. The highest BCUT2D eigenvalue weighted by Gasteiger charge is 2.48. The molecule has 0 bridgehead atoms. The van der Waals surface area contributed by atoms with E-state index in [0.29, 0.717) is 5.56 Å². The van der Waals surface area contributed by atoms with E-state index in [4.69, 9.17) is 0 Å². The molecule has 0 radical (unpaired) electrons. The zero-order valence-electron chi connectivity index (χ0n) is 33.2. The fourth-order valence-corrected chi connectivity index (χ4v) is 7.77. The molecule has 0 amide bonds. The van der Waals surface area contributed by atoms with E-state index in [1.807, 2.05) is 72.8 Å². The molecule has 0 fully saturated rings. The van der Waals surface area contributed by atoms with Crippen molar-refractivity contribution < 1.29 is 25.8 Å². The van der Waals surface area contributed by atoms with Crippen LogP contribution in [0.1, 0.15) is 27.8 Å². The van der Waals surface area contributed by atoms with E-state index in [0.717, 1.165) is 70.5 Å². The van der Waals surface area contributed by atoms with E-state index >= 15 is 0 Å². The van der Waals surface area contributed by atoms with Gasteiger partial charge in [-0.25, -0.2) is 0 Å². The Balaban J connectivity index is 1.07. The summed E-state index contributed by atoms with van der Waals surface area (Å²) in [4.78, 5) is 13.3. The van der Waals surface area contributed by atoms with Crippen molar-refractivity contribution in [2.45, 2.75) is 38.1 Å².